The van der Waals surface area contributed by atoms with Crippen LogP contribution in [-0.4, -0.2) is 33.2 Å². The van der Waals surface area contributed by atoms with Crippen LogP contribution >= 0.6 is 0 Å². The number of nitrogens with zero attached hydrogens (tertiary/aromatic N) is 3. The van der Waals surface area contributed by atoms with Gasteiger partial charge in [-0.15, -0.1) is 0 Å². The number of nitrogens with one attached hydrogen (secondary N) is 1. The lowest BCUT2D eigenvalue weighted by molar-refractivity contribution is 0.0781. The normalized spacial score (nSPS) is 10.7. The van der Waals surface area contributed by atoms with Crippen molar-refractivity contribution in [2.45, 2.75) is 27.3 Å². The Balaban J connectivity index is 2.14. The van der Waals surface area contributed by atoms with Crippen molar-refractivity contribution in [3.05, 3.63) is 34.5 Å². The fraction of sp³-hybridized carbons (Fsp3) is 0.417. The smallest absolute Gasteiger partial charge is 0.257 e. The van der Waals surface area contributed by atoms with Gasteiger partial charge in [0.15, 0.2) is 0 Å². The molecule has 0 unspecified atom stereocenters. The molecule has 18 heavy (non-hydrogen) atoms. The number of amides is 1. The summed E-state index contributed by atoms with van der Waals surface area (Å²) < 4.78 is 4.98. The number of hydrogen-bond donors (Lipinski definition) is 1. The van der Waals surface area contributed by atoms with Crippen LogP contribution in [0.1, 0.15) is 33.2 Å². The molecule has 0 aliphatic rings. The van der Waals surface area contributed by atoms with Crippen molar-refractivity contribution in [1.29, 1.82) is 0 Å². The molecule has 1 N–H and O–H groups in total. The van der Waals surface area contributed by atoms with Crippen LogP contribution in [0.3, 0.4) is 0 Å². The van der Waals surface area contributed by atoms with Gasteiger partial charge in [-0.05, 0) is 20.8 Å². The van der Waals surface area contributed by atoms with Crippen molar-refractivity contribution in [3.8, 4) is 0 Å². The molecule has 0 atom stereocenters. The van der Waals surface area contributed by atoms with E-state index in [0.29, 0.717) is 17.8 Å². The summed E-state index contributed by atoms with van der Waals surface area (Å²) in [4.78, 5) is 13.9. The maximum Gasteiger partial charge on any atom is 0.257 e. The zero-order valence-electron chi connectivity index (χ0n) is 10.9. The minimum atomic E-state index is -0.0700. The zero-order valence-corrected chi connectivity index (χ0v) is 10.9. The molecule has 0 fully saturated rings. The summed E-state index contributed by atoms with van der Waals surface area (Å²) in [5, 5.41) is 10.7. The molecule has 2 aromatic rings. The van der Waals surface area contributed by atoms with Gasteiger partial charge >= 0.3 is 0 Å². The average Bonchev–Trinajstić information content (AvgIpc) is 2.85. The van der Waals surface area contributed by atoms with E-state index >= 15 is 0 Å². The van der Waals surface area contributed by atoms with Crippen LogP contribution in [0.5, 0.6) is 0 Å². The number of hydrogen-bond acceptors (Lipinski definition) is 4. The van der Waals surface area contributed by atoms with Gasteiger partial charge in [0.25, 0.3) is 5.91 Å². The second-order valence-corrected chi connectivity index (χ2v) is 4.40. The van der Waals surface area contributed by atoms with Crippen LogP contribution in [-0.2, 0) is 6.54 Å². The van der Waals surface area contributed by atoms with Gasteiger partial charge in [-0.2, -0.15) is 5.10 Å². The molecule has 0 saturated carbocycles. The van der Waals surface area contributed by atoms with E-state index in [1.54, 1.807) is 11.9 Å². The third-order valence-electron chi connectivity index (χ3n) is 2.76. The molecule has 0 aromatic carbocycles. The Kier molecular flexibility index (Phi) is 3.18. The largest absolute Gasteiger partial charge is 0.361 e. The predicted molar refractivity (Wildman–Crippen MR) is 65.1 cm³/mol. The molecule has 6 nitrogen and oxygen atoms in total. The Morgan fingerprint density at radius 3 is 2.67 bits per heavy atom. The van der Waals surface area contributed by atoms with E-state index in [1.807, 2.05) is 26.8 Å². The zero-order chi connectivity index (χ0) is 13.3. The maximum atomic E-state index is 12.3. The monoisotopic (exact) mass is 248 g/mol. The van der Waals surface area contributed by atoms with Gasteiger partial charge in [0.2, 0.25) is 0 Å². The second-order valence-electron chi connectivity index (χ2n) is 4.40. The number of carbonyl (C=O) groups excluding carboxylic acids is 1. The number of aryl methyl sites for hydroxylation is 3. The lowest BCUT2D eigenvalue weighted by atomic mass is 10.1. The van der Waals surface area contributed by atoms with E-state index in [1.165, 1.54) is 0 Å². The molecule has 0 aliphatic heterocycles. The Morgan fingerprint density at radius 2 is 2.17 bits per heavy atom. The van der Waals surface area contributed by atoms with E-state index < -0.39 is 0 Å². The van der Waals surface area contributed by atoms with Gasteiger partial charge in [-0.25, -0.2) is 0 Å². The van der Waals surface area contributed by atoms with E-state index in [4.69, 9.17) is 4.52 Å². The van der Waals surface area contributed by atoms with Crippen LogP contribution in [0, 0.1) is 20.8 Å². The summed E-state index contributed by atoms with van der Waals surface area (Å²) in [5.41, 5.74) is 2.85. The van der Waals surface area contributed by atoms with E-state index in [0.717, 1.165) is 17.1 Å². The molecule has 0 bridgehead atoms. The van der Waals surface area contributed by atoms with Crippen LogP contribution in [0.15, 0.2) is 10.6 Å². The van der Waals surface area contributed by atoms with Gasteiger partial charge in [0, 0.05) is 18.8 Å². The summed E-state index contributed by atoms with van der Waals surface area (Å²) >= 11 is 0. The van der Waals surface area contributed by atoms with Crippen LogP contribution in [0.25, 0.3) is 0 Å². The van der Waals surface area contributed by atoms with Crippen LogP contribution in [0.4, 0.5) is 0 Å². The quantitative estimate of drug-likeness (QED) is 0.895. The SMILES string of the molecule is Cc1cc(CN(C)C(=O)c2c(C)n[nH]c2C)no1. The fourth-order valence-corrected chi connectivity index (χ4v) is 1.86. The van der Waals surface area contributed by atoms with Crippen LogP contribution < -0.4 is 0 Å². The third-order valence-corrected chi connectivity index (χ3v) is 2.76. The molecular formula is C12H16N4O2. The molecule has 96 valence electrons. The summed E-state index contributed by atoms with van der Waals surface area (Å²) in [6.45, 7) is 5.88. The first-order chi connectivity index (χ1) is 8.49. The number of H-pyrrole nitrogens is 1. The van der Waals surface area contributed by atoms with Gasteiger partial charge in [-0.3, -0.25) is 9.89 Å². The van der Waals surface area contributed by atoms with Gasteiger partial charge in [0.1, 0.15) is 11.5 Å². The first kappa shape index (κ1) is 12.3. The molecule has 2 aromatic heterocycles. The van der Waals surface area contributed by atoms with Crippen LogP contribution in [0.2, 0.25) is 0 Å². The van der Waals surface area contributed by atoms with Crippen molar-refractivity contribution in [2.24, 2.45) is 0 Å². The lowest BCUT2D eigenvalue weighted by Gasteiger charge is -2.15. The number of aromatic nitrogens is 3. The first-order valence-electron chi connectivity index (χ1n) is 5.68. The van der Waals surface area contributed by atoms with Crippen molar-refractivity contribution in [3.63, 3.8) is 0 Å². The Labute approximate surface area is 105 Å². The lowest BCUT2D eigenvalue weighted by Crippen LogP contribution is -2.27. The minimum Gasteiger partial charge on any atom is -0.361 e. The predicted octanol–water partition coefficient (Wildman–Crippen LogP) is 1.60. The van der Waals surface area contributed by atoms with E-state index in [-0.39, 0.29) is 5.91 Å². The maximum absolute atomic E-state index is 12.3. The molecule has 2 heterocycles. The molecule has 1 amide bonds. The van der Waals surface area contributed by atoms with Gasteiger partial charge in [-0.1, -0.05) is 5.16 Å². The molecule has 0 saturated heterocycles. The molecule has 2 rings (SSSR count). The fourth-order valence-electron chi connectivity index (χ4n) is 1.86. The Morgan fingerprint density at radius 1 is 1.44 bits per heavy atom. The highest BCUT2D eigenvalue weighted by Gasteiger charge is 2.19. The first-order valence-corrected chi connectivity index (χ1v) is 5.68. The van der Waals surface area contributed by atoms with E-state index in [2.05, 4.69) is 15.4 Å². The summed E-state index contributed by atoms with van der Waals surface area (Å²) in [7, 11) is 1.73. The second kappa shape index (κ2) is 4.64. The van der Waals surface area contributed by atoms with Crippen molar-refractivity contribution >= 4 is 5.91 Å². The number of aromatic amines is 1. The Bertz CT molecular complexity index is 551. The van der Waals surface area contributed by atoms with Crippen molar-refractivity contribution in [2.75, 3.05) is 7.05 Å². The number of rotatable bonds is 3. The molecule has 6 heteroatoms. The third kappa shape index (κ3) is 2.27. The molecule has 0 radical (unpaired) electrons. The van der Waals surface area contributed by atoms with Crippen molar-refractivity contribution in [1.82, 2.24) is 20.3 Å². The summed E-state index contributed by atoms with van der Waals surface area (Å²) in [5.74, 6) is 0.668. The highest BCUT2D eigenvalue weighted by atomic mass is 16.5. The van der Waals surface area contributed by atoms with Gasteiger partial charge in [0.05, 0.1) is 17.8 Å². The average molecular weight is 248 g/mol. The van der Waals surface area contributed by atoms with Crippen molar-refractivity contribution < 1.29 is 9.32 Å². The highest BCUT2D eigenvalue weighted by molar-refractivity contribution is 5.96. The molecule has 0 spiro atoms. The molecular weight excluding hydrogens is 232 g/mol. The Hall–Kier alpha value is -2.11. The standard InChI is InChI=1S/C12H16N4O2/c1-7-5-10(15-18-7)6-16(4)12(17)11-8(2)13-14-9(11)3/h5H,6H2,1-4H3,(H,13,14). The highest BCUT2D eigenvalue weighted by Crippen LogP contribution is 2.13. The molecule has 0 aliphatic carbocycles. The van der Waals surface area contributed by atoms with Gasteiger partial charge < -0.3 is 9.42 Å². The summed E-state index contributed by atoms with van der Waals surface area (Å²) in [6, 6.07) is 1.82. The van der Waals surface area contributed by atoms with E-state index in [9.17, 15) is 4.79 Å². The number of carbonyl (C=O) groups is 1. The summed E-state index contributed by atoms with van der Waals surface area (Å²) in [6.07, 6.45) is 0. The minimum absolute atomic E-state index is 0.0700. The topological polar surface area (TPSA) is 75.0 Å².